The van der Waals surface area contributed by atoms with Crippen LogP contribution in [0.4, 0.5) is 5.69 Å². The van der Waals surface area contributed by atoms with Crippen molar-refractivity contribution >= 4 is 33.0 Å². The SMILES string of the molecule is Cc1ccccc1N(C(=O)CCl)[C@H]1C=CS(=O)(=O)C1. The number of carbonyl (C=O) groups excluding carboxylic acids is 1. The number of nitrogens with zero attached hydrogens (tertiary/aromatic N) is 1. The molecule has 1 aromatic carbocycles. The molecular weight excluding hydrogens is 286 g/mol. The first-order valence-corrected chi connectivity index (χ1v) is 8.04. The molecule has 1 aromatic rings. The second-order valence-electron chi connectivity index (χ2n) is 4.41. The molecule has 0 radical (unpaired) electrons. The summed E-state index contributed by atoms with van der Waals surface area (Å²) in [6.45, 7) is 1.87. The van der Waals surface area contributed by atoms with E-state index in [0.29, 0.717) is 5.69 Å². The zero-order valence-corrected chi connectivity index (χ0v) is 12.0. The van der Waals surface area contributed by atoms with E-state index in [1.807, 2.05) is 25.1 Å². The van der Waals surface area contributed by atoms with E-state index in [1.54, 1.807) is 6.07 Å². The zero-order chi connectivity index (χ0) is 14.0. The van der Waals surface area contributed by atoms with Crippen molar-refractivity contribution in [2.45, 2.75) is 13.0 Å². The second kappa shape index (κ2) is 5.35. The van der Waals surface area contributed by atoms with Gasteiger partial charge in [-0.1, -0.05) is 18.2 Å². The highest BCUT2D eigenvalue weighted by molar-refractivity contribution is 7.94. The average molecular weight is 300 g/mol. The van der Waals surface area contributed by atoms with Crippen molar-refractivity contribution in [3.63, 3.8) is 0 Å². The minimum atomic E-state index is -3.22. The molecular formula is C13H14ClNO3S. The van der Waals surface area contributed by atoms with E-state index in [1.165, 1.54) is 11.0 Å². The molecule has 0 bridgehead atoms. The van der Waals surface area contributed by atoms with Gasteiger partial charge in [-0.15, -0.1) is 11.6 Å². The average Bonchev–Trinajstić information content (AvgIpc) is 2.72. The molecule has 1 heterocycles. The van der Waals surface area contributed by atoms with Gasteiger partial charge in [0.25, 0.3) is 0 Å². The number of hydrogen-bond acceptors (Lipinski definition) is 3. The number of aryl methyl sites for hydroxylation is 1. The van der Waals surface area contributed by atoms with Crippen molar-refractivity contribution in [1.82, 2.24) is 0 Å². The molecule has 1 atom stereocenters. The van der Waals surface area contributed by atoms with Gasteiger partial charge in [0.15, 0.2) is 9.84 Å². The highest BCUT2D eigenvalue weighted by Crippen LogP contribution is 2.26. The van der Waals surface area contributed by atoms with E-state index >= 15 is 0 Å². The van der Waals surface area contributed by atoms with Crippen molar-refractivity contribution in [2.24, 2.45) is 0 Å². The maximum Gasteiger partial charge on any atom is 0.242 e. The van der Waals surface area contributed by atoms with E-state index in [0.717, 1.165) is 11.0 Å². The van der Waals surface area contributed by atoms with Crippen LogP contribution < -0.4 is 4.90 Å². The summed E-state index contributed by atoms with van der Waals surface area (Å²) in [6.07, 6.45) is 1.53. The molecule has 0 aromatic heterocycles. The Labute approximate surface area is 117 Å². The third kappa shape index (κ3) is 2.98. The Hall–Kier alpha value is -1.33. The van der Waals surface area contributed by atoms with Gasteiger partial charge >= 0.3 is 0 Å². The topological polar surface area (TPSA) is 54.5 Å². The van der Waals surface area contributed by atoms with Crippen molar-refractivity contribution in [1.29, 1.82) is 0 Å². The Balaban J connectivity index is 2.42. The minimum Gasteiger partial charge on any atom is -0.303 e. The number of benzene rings is 1. The lowest BCUT2D eigenvalue weighted by molar-refractivity contribution is -0.116. The van der Waals surface area contributed by atoms with Gasteiger partial charge in [0.05, 0.1) is 11.8 Å². The predicted molar refractivity (Wildman–Crippen MR) is 76.1 cm³/mol. The summed E-state index contributed by atoms with van der Waals surface area (Å²) in [5.74, 6) is -0.578. The molecule has 1 amide bonds. The van der Waals surface area contributed by atoms with Crippen molar-refractivity contribution < 1.29 is 13.2 Å². The van der Waals surface area contributed by atoms with Crippen LogP contribution in [-0.4, -0.2) is 32.0 Å². The van der Waals surface area contributed by atoms with E-state index in [-0.39, 0.29) is 17.5 Å². The Morgan fingerprint density at radius 3 is 2.63 bits per heavy atom. The van der Waals surface area contributed by atoms with E-state index < -0.39 is 15.9 Å². The molecule has 0 saturated carbocycles. The van der Waals surface area contributed by atoms with Gasteiger partial charge in [-0.2, -0.15) is 0 Å². The first-order chi connectivity index (χ1) is 8.94. The molecule has 0 unspecified atom stereocenters. The highest BCUT2D eigenvalue weighted by atomic mass is 35.5. The first kappa shape index (κ1) is 14.1. The standard InChI is InChI=1S/C13H14ClNO3S/c1-10-4-2-3-5-12(10)15(13(16)8-14)11-6-7-19(17,18)9-11/h2-7,11H,8-9H2,1H3/t11-/m0/s1. The van der Waals surface area contributed by atoms with Crippen LogP contribution >= 0.6 is 11.6 Å². The first-order valence-electron chi connectivity index (χ1n) is 5.79. The highest BCUT2D eigenvalue weighted by Gasteiger charge is 2.31. The van der Waals surface area contributed by atoms with Crippen molar-refractivity contribution in [3.8, 4) is 0 Å². The van der Waals surface area contributed by atoms with Crippen molar-refractivity contribution in [3.05, 3.63) is 41.3 Å². The fourth-order valence-corrected chi connectivity index (χ4v) is 3.51. The summed E-state index contributed by atoms with van der Waals surface area (Å²) in [6, 6.07) is 6.85. The Morgan fingerprint density at radius 1 is 1.42 bits per heavy atom. The minimum absolute atomic E-state index is 0.0933. The van der Waals surface area contributed by atoms with Crippen LogP contribution in [0.25, 0.3) is 0 Å². The number of sulfone groups is 1. The summed E-state index contributed by atoms with van der Waals surface area (Å²) in [5.41, 5.74) is 1.60. The molecule has 6 heteroatoms. The molecule has 4 nitrogen and oxygen atoms in total. The molecule has 1 aliphatic heterocycles. The smallest absolute Gasteiger partial charge is 0.242 e. The van der Waals surface area contributed by atoms with E-state index in [4.69, 9.17) is 11.6 Å². The number of amides is 1. The van der Waals surface area contributed by atoms with Gasteiger partial charge in [-0.25, -0.2) is 8.42 Å². The van der Waals surface area contributed by atoms with Crippen molar-refractivity contribution in [2.75, 3.05) is 16.5 Å². The van der Waals surface area contributed by atoms with Gasteiger partial charge in [-0.3, -0.25) is 4.79 Å². The summed E-state index contributed by atoms with van der Waals surface area (Å²) >= 11 is 5.63. The largest absolute Gasteiger partial charge is 0.303 e. The molecule has 0 N–H and O–H groups in total. The number of carbonyl (C=O) groups is 1. The van der Waals surface area contributed by atoms with Crippen LogP contribution in [0.15, 0.2) is 35.7 Å². The third-order valence-electron chi connectivity index (χ3n) is 3.00. The lowest BCUT2D eigenvalue weighted by Crippen LogP contribution is -2.42. The normalized spacial score (nSPS) is 20.4. The fourth-order valence-electron chi connectivity index (χ4n) is 2.12. The molecule has 0 fully saturated rings. The third-order valence-corrected chi connectivity index (χ3v) is 4.61. The molecule has 2 rings (SSSR count). The van der Waals surface area contributed by atoms with Gasteiger partial charge in [-0.05, 0) is 24.6 Å². The lowest BCUT2D eigenvalue weighted by Gasteiger charge is -2.28. The van der Waals surface area contributed by atoms with Crippen LogP contribution in [0.1, 0.15) is 5.56 Å². The zero-order valence-electron chi connectivity index (χ0n) is 10.4. The quantitative estimate of drug-likeness (QED) is 0.801. The monoisotopic (exact) mass is 299 g/mol. The summed E-state index contributed by atoms with van der Waals surface area (Å²) in [7, 11) is -3.22. The van der Waals surface area contributed by atoms with Crippen LogP contribution in [0.5, 0.6) is 0 Å². The summed E-state index contributed by atoms with van der Waals surface area (Å²) in [5, 5.41) is 1.16. The van der Waals surface area contributed by atoms with E-state index in [9.17, 15) is 13.2 Å². The maximum absolute atomic E-state index is 12.0. The van der Waals surface area contributed by atoms with Gasteiger partial charge in [0.1, 0.15) is 5.88 Å². The fraction of sp³-hybridized carbons (Fsp3) is 0.308. The van der Waals surface area contributed by atoms with Crippen LogP contribution in [-0.2, 0) is 14.6 Å². The Kier molecular flexibility index (Phi) is 3.96. The van der Waals surface area contributed by atoms with Crippen LogP contribution in [0.2, 0.25) is 0 Å². The second-order valence-corrected chi connectivity index (χ2v) is 6.61. The molecule has 0 saturated heterocycles. The number of halogens is 1. The molecule has 19 heavy (non-hydrogen) atoms. The Bertz CT molecular complexity index is 625. The predicted octanol–water partition coefficient (Wildman–Crippen LogP) is 1.88. The number of alkyl halides is 1. The Morgan fingerprint density at radius 2 is 2.11 bits per heavy atom. The van der Waals surface area contributed by atoms with Crippen LogP contribution in [0.3, 0.4) is 0 Å². The number of anilines is 1. The molecule has 0 spiro atoms. The summed E-state index contributed by atoms with van der Waals surface area (Å²) in [4.78, 5) is 13.5. The maximum atomic E-state index is 12.0. The number of rotatable bonds is 3. The summed E-state index contributed by atoms with van der Waals surface area (Å²) < 4.78 is 23.0. The van der Waals surface area contributed by atoms with Crippen LogP contribution in [0, 0.1) is 6.92 Å². The number of hydrogen-bond donors (Lipinski definition) is 0. The lowest BCUT2D eigenvalue weighted by atomic mass is 10.1. The van der Waals surface area contributed by atoms with Gasteiger partial charge in [0, 0.05) is 11.1 Å². The van der Waals surface area contributed by atoms with Gasteiger partial charge < -0.3 is 4.90 Å². The molecule has 1 aliphatic rings. The van der Waals surface area contributed by atoms with E-state index in [2.05, 4.69) is 0 Å². The number of para-hydroxylation sites is 1. The molecule has 102 valence electrons. The molecule has 0 aliphatic carbocycles. The van der Waals surface area contributed by atoms with Gasteiger partial charge in [0.2, 0.25) is 5.91 Å².